The van der Waals surface area contributed by atoms with Crippen LogP contribution in [0.2, 0.25) is 5.02 Å². The Hall–Kier alpha value is -2.57. The summed E-state index contributed by atoms with van der Waals surface area (Å²) in [5.41, 5.74) is 1.77. The van der Waals surface area contributed by atoms with Crippen LogP contribution in [0.3, 0.4) is 0 Å². The molecule has 2 aromatic rings. The third-order valence-corrected chi connectivity index (χ3v) is 5.86. The molecule has 0 bridgehead atoms. The Kier molecular flexibility index (Phi) is 8.74. The molecule has 1 N–H and O–H groups in total. The Morgan fingerprint density at radius 1 is 1.00 bits per heavy atom. The summed E-state index contributed by atoms with van der Waals surface area (Å²) in [5, 5.41) is 3.40. The lowest BCUT2D eigenvalue weighted by atomic mass is 10.1. The van der Waals surface area contributed by atoms with Gasteiger partial charge in [-0.15, -0.1) is 0 Å². The SMILES string of the molecule is COc1ccc(CCC(=O)N2CCCN(CCC(=O)Nc3ccccc3Cl)CC2)cc1. The molecular weight excluding hydrogens is 414 g/mol. The molecule has 1 heterocycles. The second-order valence-electron chi connectivity index (χ2n) is 7.70. The maximum Gasteiger partial charge on any atom is 0.225 e. The average molecular weight is 444 g/mol. The minimum atomic E-state index is -0.0511. The highest BCUT2D eigenvalue weighted by molar-refractivity contribution is 6.33. The first-order valence-corrected chi connectivity index (χ1v) is 11.1. The van der Waals surface area contributed by atoms with E-state index in [4.69, 9.17) is 16.3 Å². The number of hydrogen-bond donors (Lipinski definition) is 1. The number of benzene rings is 2. The second-order valence-corrected chi connectivity index (χ2v) is 8.11. The molecule has 2 aromatic carbocycles. The van der Waals surface area contributed by atoms with Crippen molar-refractivity contribution in [1.29, 1.82) is 0 Å². The Labute approximate surface area is 189 Å². The fourth-order valence-corrected chi connectivity index (χ4v) is 3.86. The largest absolute Gasteiger partial charge is 0.497 e. The maximum atomic E-state index is 12.7. The smallest absolute Gasteiger partial charge is 0.225 e. The number of methoxy groups -OCH3 is 1. The van der Waals surface area contributed by atoms with Gasteiger partial charge >= 0.3 is 0 Å². The van der Waals surface area contributed by atoms with Crippen molar-refractivity contribution >= 4 is 29.1 Å². The normalized spacial score (nSPS) is 14.7. The zero-order chi connectivity index (χ0) is 22.1. The summed E-state index contributed by atoms with van der Waals surface area (Å²) in [6.07, 6.45) is 2.55. The van der Waals surface area contributed by atoms with E-state index in [0.29, 0.717) is 36.6 Å². The van der Waals surface area contributed by atoms with Crippen LogP contribution in [0.5, 0.6) is 5.75 Å². The molecular formula is C24H30ClN3O3. The molecule has 1 fully saturated rings. The van der Waals surface area contributed by atoms with Gasteiger partial charge in [-0.05, 0) is 49.2 Å². The van der Waals surface area contributed by atoms with Gasteiger partial charge in [0.15, 0.2) is 0 Å². The van der Waals surface area contributed by atoms with Gasteiger partial charge in [0.25, 0.3) is 0 Å². The summed E-state index contributed by atoms with van der Waals surface area (Å²) in [6, 6.07) is 15.1. The van der Waals surface area contributed by atoms with E-state index in [0.717, 1.165) is 43.8 Å². The van der Waals surface area contributed by atoms with Crippen molar-refractivity contribution in [1.82, 2.24) is 9.80 Å². The van der Waals surface area contributed by atoms with E-state index in [-0.39, 0.29) is 11.8 Å². The standard InChI is InChI=1S/C24H30ClN3O3/c1-31-20-10-7-19(8-11-20)9-12-24(30)28-15-4-14-27(17-18-28)16-13-23(29)26-22-6-3-2-5-21(22)25/h2-3,5-8,10-11H,4,9,12-18H2,1H3,(H,26,29). The van der Waals surface area contributed by atoms with Crippen LogP contribution in [-0.2, 0) is 16.0 Å². The Bertz CT molecular complexity index is 873. The lowest BCUT2D eigenvalue weighted by molar-refractivity contribution is -0.131. The molecule has 0 saturated carbocycles. The van der Waals surface area contributed by atoms with Gasteiger partial charge in [0, 0.05) is 39.0 Å². The van der Waals surface area contributed by atoms with Gasteiger partial charge < -0.3 is 19.9 Å². The predicted molar refractivity (Wildman–Crippen MR) is 124 cm³/mol. The van der Waals surface area contributed by atoms with E-state index in [9.17, 15) is 9.59 Å². The van der Waals surface area contributed by atoms with Crippen molar-refractivity contribution in [3.63, 3.8) is 0 Å². The van der Waals surface area contributed by atoms with Crippen molar-refractivity contribution < 1.29 is 14.3 Å². The Morgan fingerprint density at radius 3 is 2.52 bits per heavy atom. The molecule has 2 amide bonds. The molecule has 6 nitrogen and oxygen atoms in total. The molecule has 0 unspecified atom stereocenters. The Balaban J connectivity index is 1.39. The number of para-hydroxylation sites is 1. The topological polar surface area (TPSA) is 61.9 Å². The van der Waals surface area contributed by atoms with Crippen LogP contribution in [0.4, 0.5) is 5.69 Å². The monoisotopic (exact) mass is 443 g/mol. The number of halogens is 1. The number of ether oxygens (including phenoxy) is 1. The summed E-state index contributed by atoms with van der Waals surface area (Å²) in [7, 11) is 1.65. The first-order valence-electron chi connectivity index (χ1n) is 10.7. The zero-order valence-electron chi connectivity index (χ0n) is 18.0. The number of amides is 2. The number of nitrogens with one attached hydrogen (secondary N) is 1. The molecule has 1 aliphatic heterocycles. The number of anilines is 1. The molecule has 0 aliphatic carbocycles. The number of rotatable bonds is 8. The van der Waals surface area contributed by atoms with E-state index in [1.807, 2.05) is 41.3 Å². The molecule has 0 atom stereocenters. The van der Waals surface area contributed by atoms with Crippen molar-refractivity contribution in [2.24, 2.45) is 0 Å². The van der Waals surface area contributed by atoms with Crippen molar-refractivity contribution in [3.05, 3.63) is 59.1 Å². The quantitative estimate of drug-likeness (QED) is 0.673. The summed E-state index contributed by atoms with van der Waals surface area (Å²) in [6.45, 7) is 3.82. The van der Waals surface area contributed by atoms with Gasteiger partial charge in [0.2, 0.25) is 11.8 Å². The van der Waals surface area contributed by atoms with Crippen molar-refractivity contribution in [2.45, 2.75) is 25.7 Å². The van der Waals surface area contributed by atoms with Crippen molar-refractivity contribution in [3.8, 4) is 5.75 Å². The molecule has 1 saturated heterocycles. The van der Waals surface area contributed by atoms with Crippen LogP contribution < -0.4 is 10.1 Å². The predicted octanol–water partition coefficient (Wildman–Crippen LogP) is 3.84. The highest BCUT2D eigenvalue weighted by atomic mass is 35.5. The minimum absolute atomic E-state index is 0.0511. The van der Waals surface area contributed by atoms with Gasteiger partial charge in [-0.25, -0.2) is 0 Å². The molecule has 3 rings (SSSR count). The lowest BCUT2D eigenvalue weighted by Crippen LogP contribution is -2.36. The summed E-state index contributed by atoms with van der Waals surface area (Å²) >= 11 is 6.09. The van der Waals surface area contributed by atoms with E-state index < -0.39 is 0 Å². The van der Waals surface area contributed by atoms with E-state index in [2.05, 4.69) is 10.2 Å². The molecule has 166 valence electrons. The third-order valence-electron chi connectivity index (χ3n) is 5.53. The number of nitrogens with zero attached hydrogens (tertiary/aromatic N) is 2. The fourth-order valence-electron chi connectivity index (χ4n) is 3.68. The van der Waals surface area contributed by atoms with Crippen LogP contribution in [0.25, 0.3) is 0 Å². The lowest BCUT2D eigenvalue weighted by Gasteiger charge is -2.22. The average Bonchev–Trinajstić information content (AvgIpc) is 3.04. The van der Waals surface area contributed by atoms with E-state index >= 15 is 0 Å². The van der Waals surface area contributed by atoms with Crippen LogP contribution in [0, 0.1) is 0 Å². The summed E-state index contributed by atoms with van der Waals surface area (Å²) < 4.78 is 5.17. The van der Waals surface area contributed by atoms with Gasteiger partial charge in [0.1, 0.15) is 5.75 Å². The molecule has 0 aromatic heterocycles. The van der Waals surface area contributed by atoms with Crippen LogP contribution in [-0.4, -0.2) is 61.4 Å². The van der Waals surface area contributed by atoms with Gasteiger partial charge in [-0.3, -0.25) is 9.59 Å². The number of hydrogen-bond acceptors (Lipinski definition) is 4. The molecule has 0 spiro atoms. The molecule has 1 aliphatic rings. The first-order chi connectivity index (χ1) is 15.0. The summed E-state index contributed by atoms with van der Waals surface area (Å²) in [4.78, 5) is 29.1. The minimum Gasteiger partial charge on any atom is -0.497 e. The van der Waals surface area contributed by atoms with Crippen LogP contribution >= 0.6 is 11.6 Å². The zero-order valence-corrected chi connectivity index (χ0v) is 18.7. The summed E-state index contributed by atoms with van der Waals surface area (Å²) in [5.74, 6) is 0.960. The van der Waals surface area contributed by atoms with E-state index in [1.165, 1.54) is 0 Å². The van der Waals surface area contributed by atoms with Gasteiger partial charge in [-0.1, -0.05) is 35.9 Å². The van der Waals surface area contributed by atoms with Crippen LogP contribution in [0.15, 0.2) is 48.5 Å². The number of carbonyl (C=O) groups excluding carboxylic acids is 2. The van der Waals surface area contributed by atoms with Crippen molar-refractivity contribution in [2.75, 3.05) is 45.2 Å². The fraction of sp³-hybridized carbons (Fsp3) is 0.417. The maximum absolute atomic E-state index is 12.7. The van der Waals surface area contributed by atoms with Gasteiger partial charge in [-0.2, -0.15) is 0 Å². The van der Waals surface area contributed by atoms with Crippen LogP contribution in [0.1, 0.15) is 24.8 Å². The second kappa shape index (κ2) is 11.7. The first kappa shape index (κ1) is 23.1. The number of carbonyl (C=O) groups is 2. The van der Waals surface area contributed by atoms with Gasteiger partial charge in [0.05, 0.1) is 17.8 Å². The number of aryl methyl sites for hydroxylation is 1. The highest BCUT2D eigenvalue weighted by Gasteiger charge is 2.19. The van der Waals surface area contributed by atoms with E-state index in [1.54, 1.807) is 19.2 Å². The third kappa shape index (κ3) is 7.26. The molecule has 0 radical (unpaired) electrons. The highest BCUT2D eigenvalue weighted by Crippen LogP contribution is 2.20. The molecule has 31 heavy (non-hydrogen) atoms. The Morgan fingerprint density at radius 2 is 1.77 bits per heavy atom. The molecule has 7 heteroatoms.